The predicted molar refractivity (Wildman–Crippen MR) is 93.2 cm³/mol. The second-order valence-electron chi connectivity index (χ2n) is 4.66. The van der Waals surface area contributed by atoms with Crippen LogP contribution in [-0.4, -0.2) is 23.2 Å². The molecule has 2 aromatic rings. The summed E-state index contributed by atoms with van der Waals surface area (Å²) in [4.78, 5) is 11.6. The molecule has 0 saturated heterocycles. The van der Waals surface area contributed by atoms with E-state index in [2.05, 4.69) is 4.74 Å². The summed E-state index contributed by atoms with van der Waals surface area (Å²) < 4.78 is 43.5. The smallest absolute Gasteiger partial charge is 0.446 e. The van der Waals surface area contributed by atoms with Crippen LogP contribution in [0.15, 0.2) is 17.2 Å². The Kier molecular flexibility index (Phi) is 5.92. The maximum atomic E-state index is 12.6. The highest BCUT2D eigenvalue weighted by atomic mass is 35.5. The van der Waals surface area contributed by atoms with E-state index in [1.165, 1.54) is 0 Å². The Labute approximate surface area is 164 Å². The van der Waals surface area contributed by atoms with Crippen LogP contribution >= 0.6 is 46.6 Å². The topological polar surface area (TPSA) is 81.0 Å². The SMILES string of the molecule is COC(=O)c1c(N)c(C#N)cn1-c1c(Cl)cc(SC(F)(F)F)c(Cl)c1Cl. The van der Waals surface area contributed by atoms with Gasteiger partial charge in [0.15, 0.2) is 5.69 Å². The van der Waals surface area contributed by atoms with Crippen LogP contribution in [0.4, 0.5) is 18.9 Å². The van der Waals surface area contributed by atoms with Crippen molar-refractivity contribution in [1.82, 2.24) is 4.57 Å². The van der Waals surface area contributed by atoms with E-state index in [1.807, 2.05) is 0 Å². The lowest BCUT2D eigenvalue weighted by atomic mass is 10.2. The van der Waals surface area contributed by atoms with Gasteiger partial charge in [-0.2, -0.15) is 18.4 Å². The quantitative estimate of drug-likeness (QED) is 0.395. The molecule has 0 radical (unpaired) electrons. The number of nitriles is 1. The van der Waals surface area contributed by atoms with Gasteiger partial charge in [0.05, 0.1) is 39.1 Å². The maximum absolute atomic E-state index is 12.6. The zero-order chi connectivity index (χ0) is 19.8. The monoisotopic (exact) mass is 443 g/mol. The van der Waals surface area contributed by atoms with Crippen LogP contribution in [0.25, 0.3) is 5.69 Å². The number of rotatable bonds is 3. The van der Waals surface area contributed by atoms with Crippen LogP contribution < -0.4 is 5.73 Å². The van der Waals surface area contributed by atoms with Gasteiger partial charge in [0.25, 0.3) is 0 Å². The first-order chi connectivity index (χ1) is 12.0. The summed E-state index contributed by atoms with van der Waals surface area (Å²) in [6.07, 6.45) is 1.15. The number of benzene rings is 1. The summed E-state index contributed by atoms with van der Waals surface area (Å²) in [7, 11) is 1.09. The fourth-order valence-corrected chi connectivity index (χ4v) is 3.71. The highest BCUT2D eigenvalue weighted by Gasteiger charge is 2.33. The van der Waals surface area contributed by atoms with Crippen LogP contribution in [0.2, 0.25) is 15.1 Å². The van der Waals surface area contributed by atoms with Crippen molar-refractivity contribution in [2.45, 2.75) is 10.4 Å². The van der Waals surface area contributed by atoms with E-state index in [-0.39, 0.29) is 32.7 Å². The molecule has 1 heterocycles. The van der Waals surface area contributed by atoms with Crippen molar-refractivity contribution in [2.75, 3.05) is 12.8 Å². The molecular weight excluding hydrogens is 438 g/mol. The van der Waals surface area contributed by atoms with Gasteiger partial charge >= 0.3 is 11.5 Å². The van der Waals surface area contributed by atoms with Crippen molar-refractivity contribution in [3.63, 3.8) is 0 Å². The van der Waals surface area contributed by atoms with Gasteiger partial charge in [0, 0.05) is 11.1 Å². The van der Waals surface area contributed by atoms with E-state index in [4.69, 9.17) is 45.8 Å². The Bertz CT molecular complexity index is 938. The zero-order valence-electron chi connectivity index (χ0n) is 12.6. The number of methoxy groups -OCH3 is 1. The van der Waals surface area contributed by atoms with Crippen molar-refractivity contribution < 1.29 is 22.7 Å². The molecule has 0 fully saturated rings. The number of aromatic nitrogens is 1. The highest BCUT2D eigenvalue weighted by Crippen LogP contribution is 2.47. The number of carbonyl (C=O) groups is 1. The molecule has 0 saturated carbocycles. The van der Waals surface area contributed by atoms with Gasteiger partial charge < -0.3 is 15.0 Å². The third-order valence-electron chi connectivity index (χ3n) is 3.11. The zero-order valence-corrected chi connectivity index (χ0v) is 15.7. The Morgan fingerprint density at radius 2 is 1.96 bits per heavy atom. The van der Waals surface area contributed by atoms with E-state index >= 15 is 0 Å². The molecule has 0 aliphatic heterocycles. The molecule has 26 heavy (non-hydrogen) atoms. The normalized spacial score (nSPS) is 11.3. The molecule has 138 valence electrons. The van der Waals surface area contributed by atoms with Crippen molar-refractivity contribution in [3.05, 3.63) is 38.6 Å². The van der Waals surface area contributed by atoms with Crippen molar-refractivity contribution >= 4 is 58.2 Å². The van der Waals surface area contributed by atoms with Crippen LogP contribution in [-0.2, 0) is 4.74 Å². The maximum Gasteiger partial charge on any atom is 0.446 e. The first-order valence-corrected chi connectivity index (χ1v) is 8.39. The van der Waals surface area contributed by atoms with Crippen molar-refractivity contribution in [1.29, 1.82) is 5.26 Å². The minimum Gasteiger partial charge on any atom is -0.464 e. The van der Waals surface area contributed by atoms with Crippen LogP contribution in [0.5, 0.6) is 0 Å². The molecule has 5 nitrogen and oxygen atoms in total. The lowest BCUT2D eigenvalue weighted by Crippen LogP contribution is -2.12. The fourth-order valence-electron chi connectivity index (χ4n) is 2.07. The predicted octanol–water partition coefficient (Wildman–Crippen LogP) is 5.29. The van der Waals surface area contributed by atoms with E-state index in [0.717, 1.165) is 23.9 Å². The third kappa shape index (κ3) is 3.83. The van der Waals surface area contributed by atoms with E-state index in [1.54, 1.807) is 6.07 Å². The first kappa shape index (κ1) is 20.6. The number of nitrogen functional groups attached to an aromatic ring is 1. The van der Waals surface area contributed by atoms with Gasteiger partial charge in [-0.25, -0.2) is 4.79 Å². The molecular formula is C14H7Cl3F3N3O2S. The van der Waals surface area contributed by atoms with E-state index < -0.39 is 33.2 Å². The molecule has 2 N–H and O–H groups in total. The number of thioether (sulfide) groups is 1. The molecule has 0 aliphatic rings. The van der Waals surface area contributed by atoms with Crippen LogP contribution in [0, 0.1) is 11.3 Å². The van der Waals surface area contributed by atoms with Gasteiger partial charge in [-0.1, -0.05) is 34.8 Å². The lowest BCUT2D eigenvalue weighted by molar-refractivity contribution is -0.0328. The number of carbonyl (C=O) groups excluding carboxylic acids is 1. The van der Waals surface area contributed by atoms with Crippen LogP contribution in [0.1, 0.15) is 16.1 Å². The number of alkyl halides is 3. The number of anilines is 1. The number of hydrogen-bond donors (Lipinski definition) is 1. The van der Waals surface area contributed by atoms with Gasteiger partial charge in [0.2, 0.25) is 0 Å². The summed E-state index contributed by atoms with van der Waals surface area (Å²) in [6.45, 7) is 0. The van der Waals surface area contributed by atoms with Gasteiger partial charge in [-0.3, -0.25) is 0 Å². The van der Waals surface area contributed by atoms with Crippen LogP contribution in [0.3, 0.4) is 0 Å². The number of esters is 1. The first-order valence-electron chi connectivity index (χ1n) is 6.44. The third-order valence-corrected chi connectivity index (χ3v) is 5.14. The van der Waals surface area contributed by atoms with Crippen molar-refractivity contribution in [2.24, 2.45) is 0 Å². The standard InChI is InChI=1S/C14H7Cl3F3N3O2S/c1-25-13(24)12-10(22)5(3-21)4-23(12)11-6(15)2-7(8(16)9(11)17)26-14(18,19)20/h2,4H,22H2,1H3. The number of nitrogens with zero attached hydrogens (tertiary/aromatic N) is 2. The Hall–Kier alpha value is -1.73. The summed E-state index contributed by atoms with van der Waals surface area (Å²) in [5.74, 6) is -0.902. The number of nitrogens with two attached hydrogens (primary N) is 1. The van der Waals surface area contributed by atoms with E-state index in [9.17, 15) is 18.0 Å². The molecule has 1 aromatic carbocycles. The summed E-state index contributed by atoms with van der Waals surface area (Å²) in [6, 6.07) is 2.73. The summed E-state index contributed by atoms with van der Waals surface area (Å²) in [5.41, 5.74) is 0.498. The minimum absolute atomic E-state index is 0.0811. The Balaban J connectivity index is 2.77. The summed E-state index contributed by atoms with van der Waals surface area (Å²) >= 11 is 17.6. The number of hydrogen-bond acceptors (Lipinski definition) is 5. The molecule has 1 aromatic heterocycles. The fraction of sp³-hybridized carbons (Fsp3) is 0.143. The minimum atomic E-state index is -4.61. The van der Waals surface area contributed by atoms with E-state index in [0.29, 0.717) is 0 Å². The molecule has 0 spiro atoms. The van der Waals surface area contributed by atoms with Gasteiger partial charge in [-0.05, 0) is 17.8 Å². The van der Waals surface area contributed by atoms with Crippen molar-refractivity contribution in [3.8, 4) is 11.8 Å². The largest absolute Gasteiger partial charge is 0.464 e. The lowest BCUT2D eigenvalue weighted by Gasteiger charge is -2.16. The number of ether oxygens (including phenoxy) is 1. The van der Waals surface area contributed by atoms with Gasteiger partial charge in [0.1, 0.15) is 6.07 Å². The molecule has 12 heteroatoms. The van der Waals surface area contributed by atoms with Gasteiger partial charge in [-0.15, -0.1) is 0 Å². The molecule has 0 bridgehead atoms. The second-order valence-corrected chi connectivity index (χ2v) is 6.93. The Morgan fingerprint density at radius 3 is 2.46 bits per heavy atom. The molecule has 0 amide bonds. The average molecular weight is 445 g/mol. The highest BCUT2D eigenvalue weighted by molar-refractivity contribution is 8.00. The Morgan fingerprint density at radius 1 is 1.35 bits per heavy atom. The number of halogens is 6. The molecule has 0 aliphatic carbocycles. The second kappa shape index (κ2) is 7.48. The average Bonchev–Trinajstić information content (AvgIpc) is 2.86. The molecule has 0 unspecified atom stereocenters. The summed E-state index contributed by atoms with van der Waals surface area (Å²) in [5, 5.41) is 8.09. The molecule has 2 rings (SSSR count). The molecule has 0 atom stereocenters.